The molecular formula is C17H23N5O. The number of aromatic amines is 1. The van der Waals surface area contributed by atoms with Crippen molar-refractivity contribution in [3.63, 3.8) is 0 Å². The van der Waals surface area contributed by atoms with Gasteiger partial charge in [0.05, 0.1) is 17.5 Å². The van der Waals surface area contributed by atoms with Crippen LogP contribution in [0.3, 0.4) is 0 Å². The maximum Gasteiger partial charge on any atom is 0.217 e. The standard InChI is InChI=1S/C17H23N5O/c1-11-12(2)19-20-13(11)8-9-15-18-16(14-7-6-10-23-14)21-22(15)17(3,4)5/h6-7,10H,8-9H2,1-5H3,(H,19,20). The summed E-state index contributed by atoms with van der Waals surface area (Å²) in [5.41, 5.74) is 3.29. The quantitative estimate of drug-likeness (QED) is 0.801. The topological polar surface area (TPSA) is 72.5 Å². The fourth-order valence-electron chi connectivity index (χ4n) is 2.56. The van der Waals surface area contributed by atoms with Crippen molar-refractivity contribution in [3.8, 4) is 11.6 Å². The van der Waals surface area contributed by atoms with Gasteiger partial charge in [-0.15, -0.1) is 5.10 Å². The predicted octanol–water partition coefficient (Wildman–Crippen LogP) is 3.42. The zero-order chi connectivity index (χ0) is 16.6. The van der Waals surface area contributed by atoms with E-state index < -0.39 is 0 Å². The second-order valence-electron chi connectivity index (χ2n) is 6.83. The van der Waals surface area contributed by atoms with Gasteiger partial charge >= 0.3 is 0 Å². The Balaban J connectivity index is 1.89. The maximum absolute atomic E-state index is 5.43. The molecule has 0 aliphatic heterocycles. The SMILES string of the molecule is Cc1[nH]nc(CCc2nc(-c3ccco3)nn2C(C)(C)C)c1C. The first-order valence-electron chi connectivity index (χ1n) is 7.87. The summed E-state index contributed by atoms with van der Waals surface area (Å²) in [5.74, 6) is 2.28. The van der Waals surface area contributed by atoms with Gasteiger partial charge in [0.2, 0.25) is 5.82 Å². The van der Waals surface area contributed by atoms with Crippen LogP contribution >= 0.6 is 0 Å². The van der Waals surface area contributed by atoms with Gasteiger partial charge < -0.3 is 4.42 Å². The number of hydrogen-bond acceptors (Lipinski definition) is 4. The summed E-state index contributed by atoms with van der Waals surface area (Å²) in [5, 5.41) is 12.1. The lowest BCUT2D eigenvalue weighted by Crippen LogP contribution is -2.26. The van der Waals surface area contributed by atoms with Crippen LogP contribution in [0.1, 0.15) is 43.5 Å². The first-order valence-corrected chi connectivity index (χ1v) is 7.87. The number of aryl methyl sites for hydroxylation is 3. The molecule has 1 N–H and O–H groups in total. The number of furan rings is 1. The first kappa shape index (κ1) is 15.5. The molecule has 0 saturated heterocycles. The Hall–Kier alpha value is -2.37. The Labute approximate surface area is 135 Å². The summed E-state index contributed by atoms with van der Waals surface area (Å²) in [6, 6.07) is 3.73. The minimum atomic E-state index is -0.135. The Kier molecular flexibility index (Phi) is 3.83. The number of nitrogens with zero attached hydrogens (tertiary/aromatic N) is 4. The van der Waals surface area contributed by atoms with Crippen LogP contribution in [-0.2, 0) is 18.4 Å². The molecule has 6 heteroatoms. The average molecular weight is 313 g/mol. The van der Waals surface area contributed by atoms with E-state index in [2.05, 4.69) is 43.0 Å². The summed E-state index contributed by atoms with van der Waals surface area (Å²) in [6.07, 6.45) is 3.27. The van der Waals surface area contributed by atoms with Crippen molar-refractivity contribution in [2.75, 3.05) is 0 Å². The van der Waals surface area contributed by atoms with Gasteiger partial charge in [-0.3, -0.25) is 5.10 Å². The van der Waals surface area contributed by atoms with Crippen LogP contribution < -0.4 is 0 Å². The van der Waals surface area contributed by atoms with E-state index in [-0.39, 0.29) is 5.54 Å². The van der Waals surface area contributed by atoms with Crippen LogP contribution in [0, 0.1) is 13.8 Å². The number of nitrogens with one attached hydrogen (secondary N) is 1. The van der Waals surface area contributed by atoms with Crippen LogP contribution in [-0.4, -0.2) is 25.0 Å². The van der Waals surface area contributed by atoms with E-state index in [1.165, 1.54) is 5.56 Å². The monoisotopic (exact) mass is 313 g/mol. The van der Waals surface area contributed by atoms with Crippen molar-refractivity contribution in [2.24, 2.45) is 0 Å². The Bertz CT molecular complexity index is 790. The molecule has 0 aromatic carbocycles. The summed E-state index contributed by atoms with van der Waals surface area (Å²) in [7, 11) is 0. The van der Waals surface area contributed by atoms with Gasteiger partial charge in [0.25, 0.3) is 0 Å². The molecule has 6 nitrogen and oxygen atoms in total. The molecule has 0 amide bonds. The van der Waals surface area contributed by atoms with Crippen LogP contribution in [0.5, 0.6) is 0 Å². The van der Waals surface area contributed by atoms with E-state index in [0.717, 1.165) is 30.1 Å². The molecule has 0 aliphatic carbocycles. The van der Waals surface area contributed by atoms with E-state index in [4.69, 9.17) is 9.40 Å². The van der Waals surface area contributed by atoms with Crippen LogP contribution in [0.25, 0.3) is 11.6 Å². The summed E-state index contributed by atoms with van der Waals surface area (Å²) in [4.78, 5) is 4.69. The molecule has 3 aromatic heterocycles. The van der Waals surface area contributed by atoms with Gasteiger partial charge in [0.1, 0.15) is 5.82 Å². The lowest BCUT2D eigenvalue weighted by molar-refractivity contribution is 0.341. The highest BCUT2D eigenvalue weighted by molar-refractivity contribution is 5.45. The Morgan fingerprint density at radius 3 is 2.57 bits per heavy atom. The van der Waals surface area contributed by atoms with E-state index in [1.807, 2.05) is 23.7 Å². The highest BCUT2D eigenvalue weighted by Crippen LogP contribution is 2.22. The van der Waals surface area contributed by atoms with Crippen molar-refractivity contribution < 1.29 is 4.42 Å². The molecule has 0 aliphatic rings. The van der Waals surface area contributed by atoms with E-state index >= 15 is 0 Å². The minimum absolute atomic E-state index is 0.135. The predicted molar refractivity (Wildman–Crippen MR) is 88.2 cm³/mol. The molecule has 0 unspecified atom stereocenters. The molecule has 0 atom stereocenters. The first-order chi connectivity index (χ1) is 10.9. The molecule has 3 aromatic rings. The van der Waals surface area contributed by atoms with Crippen LogP contribution in [0.2, 0.25) is 0 Å². The summed E-state index contributed by atoms with van der Waals surface area (Å²) in [6.45, 7) is 10.5. The zero-order valence-corrected chi connectivity index (χ0v) is 14.3. The largest absolute Gasteiger partial charge is 0.461 e. The normalized spacial score (nSPS) is 12.0. The summed E-state index contributed by atoms with van der Waals surface area (Å²) < 4.78 is 7.42. The highest BCUT2D eigenvalue weighted by atomic mass is 16.3. The van der Waals surface area contributed by atoms with Gasteiger partial charge in [0.15, 0.2) is 5.76 Å². The third-order valence-electron chi connectivity index (χ3n) is 3.99. The molecule has 0 bridgehead atoms. The number of hydrogen-bond donors (Lipinski definition) is 1. The fourth-order valence-corrected chi connectivity index (χ4v) is 2.56. The number of H-pyrrole nitrogens is 1. The van der Waals surface area contributed by atoms with E-state index in [0.29, 0.717) is 11.6 Å². The molecule has 0 spiro atoms. The summed E-state index contributed by atoms with van der Waals surface area (Å²) >= 11 is 0. The molecule has 3 heterocycles. The molecule has 0 radical (unpaired) electrons. The molecule has 122 valence electrons. The highest BCUT2D eigenvalue weighted by Gasteiger charge is 2.22. The third-order valence-corrected chi connectivity index (χ3v) is 3.99. The second kappa shape index (κ2) is 5.68. The van der Waals surface area contributed by atoms with Crippen LogP contribution in [0.4, 0.5) is 0 Å². The van der Waals surface area contributed by atoms with E-state index in [1.54, 1.807) is 6.26 Å². The second-order valence-corrected chi connectivity index (χ2v) is 6.83. The molecule has 0 saturated carbocycles. The third kappa shape index (κ3) is 3.06. The number of rotatable bonds is 4. The van der Waals surface area contributed by atoms with Crippen molar-refractivity contribution in [1.82, 2.24) is 25.0 Å². The van der Waals surface area contributed by atoms with Crippen LogP contribution in [0.15, 0.2) is 22.8 Å². The maximum atomic E-state index is 5.43. The van der Waals surface area contributed by atoms with E-state index in [9.17, 15) is 0 Å². The fraction of sp³-hybridized carbons (Fsp3) is 0.471. The van der Waals surface area contributed by atoms with Gasteiger partial charge in [0, 0.05) is 12.1 Å². The van der Waals surface area contributed by atoms with Gasteiger partial charge in [-0.1, -0.05) is 0 Å². The lowest BCUT2D eigenvalue weighted by atomic mass is 10.1. The lowest BCUT2D eigenvalue weighted by Gasteiger charge is -2.21. The van der Waals surface area contributed by atoms with Gasteiger partial charge in [-0.2, -0.15) is 5.10 Å². The van der Waals surface area contributed by atoms with Crippen molar-refractivity contribution >= 4 is 0 Å². The molecule has 23 heavy (non-hydrogen) atoms. The minimum Gasteiger partial charge on any atom is -0.461 e. The molecule has 3 rings (SSSR count). The van der Waals surface area contributed by atoms with Crippen molar-refractivity contribution in [1.29, 1.82) is 0 Å². The average Bonchev–Trinajstić information content (AvgIpc) is 3.18. The Morgan fingerprint density at radius 1 is 1.22 bits per heavy atom. The Morgan fingerprint density at radius 2 is 2.00 bits per heavy atom. The number of aromatic nitrogens is 5. The zero-order valence-electron chi connectivity index (χ0n) is 14.3. The molecular weight excluding hydrogens is 290 g/mol. The smallest absolute Gasteiger partial charge is 0.217 e. The molecule has 0 fully saturated rings. The van der Waals surface area contributed by atoms with Crippen molar-refractivity contribution in [3.05, 3.63) is 41.2 Å². The van der Waals surface area contributed by atoms with Crippen molar-refractivity contribution in [2.45, 2.75) is 53.0 Å². The van der Waals surface area contributed by atoms with Gasteiger partial charge in [-0.25, -0.2) is 9.67 Å². The van der Waals surface area contributed by atoms with Gasteiger partial charge in [-0.05, 0) is 58.7 Å².